The van der Waals surface area contributed by atoms with E-state index < -0.39 is 5.97 Å². The maximum Gasteiger partial charge on any atom is 0.360 e. The zero-order chi connectivity index (χ0) is 15.8. The standard InChI is InChI=1S/C16H21NO4/c1-6-21-16(18)13(17-3)15(20-5)14(19-4)12-10-8-7-9-11(12)2/h7-10H,6H2,1-5H3/b15-14-,17-13?. The number of carbonyl (C=O) groups excluding carboxylic acids is 1. The third-order valence-electron chi connectivity index (χ3n) is 2.91. The third kappa shape index (κ3) is 3.84. The van der Waals surface area contributed by atoms with E-state index >= 15 is 0 Å². The molecule has 0 aliphatic heterocycles. The highest BCUT2D eigenvalue weighted by atomic mass is 16.5. The van der Waals surface area contributed by atoms with Gasteiger partial charge >= 0.3 is 5.97 Å². The highest BCUT2D eigenvalue weighted by molar-refractivity contribution is 6.43. The smallest absolute Gasteiger partial charge is 0.360 e. The van der Waals surface area contributed by atoms with Gasteiger partial charge < -0.3 is 14.2 Å². The van der Waals surface area contributed by atoms with Crippen LogP contribution in [0.3, 0.4) is 0 Å². The van der Waals surface area contributed by atoms with E-state index in [1.807, 2.05) is 31.2 Å². The molecule has 0 aromatic heterocycles. The highest BCUT2D eigenvalue weighted by Crippen LogP contribution is 2.24. The predicted octanol–water partition coefficient (Wildman–Crippen LogP) is 2.59. The number of hydrogen-bond donors (Lipinski definition) is 0. The first-order valence-corrected chi connectivity index (χ1v) is 6.63. The molecule has 0 aliphatic rings. The van der Waals surface area contributed by atoms with Crippen LogP contribution in [0.25, 0.3) is 5.76 Å². The Hall–Kier alpha value is -2.30. The van der Waals surface area contributed by atoms with Crippen LogP contribution in [-0.4, -0.2) is 39.6 Å². The van der Waals surface area contributed by atoms with Crippen molar-refractivity contribution in [2.24, 2.45) is 4.99 Å². The maximum atomic E-state index is 12.0. The van der Waals surface area contributed by atoms with Gasteiger partial charge in [0.05, 0.1) is 20.8 Å². The van der Waals surface area contributed by atoms with Crippen LogP contribution in [0, 0.1) is 6.92 Å². The Labute approximate surface area is 125 Å². The number of ether oxygens (including phenoxy) is 3. The molecular formula is C16H21NO4. The van der Waals surface area contributed by atoms with E-state index in [0.717, 1.165) is 11.1 Å². The molecule has 0 amide bonds. The van der Waals surface area contributed by atoms with E-state index in [-0.39, 0.29) is 18.1 Å². The first-order chi connectivity index (χ1) is 10.1. The predicted molar refractivity (Wildman–Crippen MR) is 82.1 cm³/mol. The molecule has 5 heteroatoms. The average Bonchev–Trinajstić information content (AvgIpc) is 2.49. The molecule has 0 saturated heterocycles. The molecule has 5 nitrogen and oxygen atoms in total. The van der Waals surface area contributed by atoms with Crippen molar-refractivity contribution in [3.8, 4) is 0 Å². The molecule has 0 fully saturated rings. The lowest BCUT2D eigenvalue weighted by atomic mass is 10.0. The van der Waals surface area contributed by atoms with Crippen molar-refractivity contribution < 1.29 is 19.0 Å². The minimum atomic E-state index is -0.542. The monoisotopic (exact) mass is 291 g/mol. The summed E-state index contributed by atoms with van der Waals surface area (Å²) in [6.45, 7) is 3.95. The first-order valence-electron chi connectivity index (χ1n) is 6.63. The van der Waals surface area contributed by atoms with Crippen LogP contribution < -0.4 is 0 Å². The summed E-state index contributed by atoms with van der Waals surface area (Å²) in [6.07, 6.45) is 0. The van der Waals surface area contributed by atoms with Gasteiger partial charge in [0.25, 0.3) is 0 Å². The average molecular weight is 291 g/mol. The van der Waals surface area contributed by atoms with E-state index in [4.69, 9.17) is 14.2 Å². The van der Waals surface area contributed by atoms with Gasteiger partial charge in [-0.3, -0.25) is 4.99 Å². The zero-order valence-electron chi connectivity index (χ0n) is 13.1. The lowest BCUT2D eigenvalue weighted by molar-refractivity contribution is -0.135. The summed E-state index contributed by atoms with van der Waals surface area (Å²) in [7, 11) is 4.51. The highest BCUT2D eigenvalue weighted by Gasteiger charge is 2.24. The van der Waals surface area contributed by atoms with Gasteiger partial charge in [0.15, 0.2) is 17.2 Å². The molecule has 0 N–H and O–H groups in total. The Balaban J connectivity index is 3.43. The number of hydrogen-bond acceptors (Lipinski definition) is 5. The zero-order valence-corrected chi connectivity index (χ0v) is 13.1. The molecule has 21 heavy (non-hydrogen) atoms. The molecule has 0 saturated carbocycles. The summed E-state index contributed by atoms with van der Waals surface area (Å²) < 4.78 is 15.8. The molecule has 114 valence electrons. The van der Waals surface area contributed by atoms with Gasteiger partial charge in [-0.05, 0) is 19.4 Å². The van der Waals surface area contributed by atoms with Crippen molar-refractivity contribution in [1.82, 2.24) is 0 Å². The van der Waals surface area contributed by atoms with E-state index in [1.165, 1.54) is 21.3 Å². The molecule has 0 bridgehead atoms. The van der Waals surface area contributed by atoms with Gasteiger partial charge in [0.2, 0.25) is 0 Å². The maximum absolute atomic E-state index is 12.0. The fourth-order valence-corrected chi connectivity index (χ4v) is 1.93. The van der Waals surface area contributed by atoms with Crippen molar-refractivity contribution in [2.75, 3.05) is 27.9 Å². The van der Waals surface area contributed by atoms with Gasteiger partial charge in [-0.15, -0.1) is 0 Å². The minimum absolute atomic E-state index is 0.0967. The summed E-state index contributed by atoms with van der Waals surface area (Å²) in [5, 5.41) is 0. The van der Waals surface area contributed by atoms with Gasteiger partial charge in [-0.25, -0.2) is 4.79 Å². The Morgan fingerprint density at radius 2 is 1.86 bits per heavy atom. The summed E-state index contributed by atoms with van der Waals surface area (Å²) in [5.74, 6) is 0.164. The number of rotatable bonds is 6. The number of esters is 1. The van der Waals surface area contributed by atoms with Crippen molar-refractivity contribution in [3.63, 3.8) is 0 Å². The third-order valence-corrected chi connectivity index (χ3v) is 2.91. The Morgan fingerprint density at radius 1 is 1.19 bits per heavy atom. The number of aliphatic imine (C=N–C) groups is 1. The lowest BCUT2D eigenvalue weighted by Gasteiger charge is -2.15. The lowest BCUT2D eigenvalue weighted by Crippen LogP contribution is -2.22. The van der Waals surface area contributed by atoms with Crippen LogP contribution in [0.15, 0.2) is 35.0 Å². The molecule has 0 aliphatic carbocycles. The van der Waals surface area contributed by atoms with E-state index in [2.05, 4.69) is 4.99 Å². The molecule has 1 aromatic rings. The molecule has 0 radical (unpaired) electrons. The Morgan fingerprint density at radius 3 is 2.33 bits per heavy atom. The number of aryl methyl sites for hydroxylation is 1. The second kappa shape index (κ2) is 8.09. The first kappa shape index (κ1) is 16.8. The van der Waals surface area contributed by atoms with Crippen LogP contribution in [0.2, 0.25) is 0 Å². The van der Waals surface area contributed by atoms with E-state index in [1.54, 1.807) is 6.92 Å². The van der Waals surface area contributed by atoms with Gasteiger partial charge in [0.1, 0.15) is 0 Å². The second-order valence-electron chi connectivity index (χ2n) is 4.17. The molecule has 0 unspecified atom stereocenters. The van der Waals surface area contributed by atoms with Crippen molar-refractivity contribution >= 4 is 17.4 Å². The molecule has 1 rings (SSSR count). The summed E-state index contributed by atoms with van der Waals surface area (Å²) >= 11 is 0. The number of carbonyl (C=O) groups is 1. The summed E-state index contributed by atoms with van der Waals surface area (Å²) in [6, 6.07) is 7.67. The van der Waals surface area contributed by atoms with Gasteiger partial charge in [-0.1, -0.05) is 24.3 Å². The number of nitrogens with zero attached hydrogens (tertiary/aromatic N) is 1. The Kier molecular flexibility index (Phi) is 6.46. The van der Waals surface area contributed by atoms with Crippen LogP contribution >= 0.6 is 0 Å². The summed E-state index contributed by atoms with van der Waals surface area (Å²) in [5.41, 5.74) is 1.94. The van der Waals surface area contributed by atoms with Crippen LogP contribution in [-0.2, 0) is 19.0 Å². The van der Waals surface area contributed by atoms with Crippen molar-refractivity contribution in [3.05, 3.63) is 41.2 Å². The van der Waals surface area contributed by atoms with Crippen LogP contribution in [0.4, 0.5) is 0 Å². The molecule has 1 aromatic carbocycles. The number of benzene rings is 1. The molecule has 0 atom stereocenters. The Bertz CT molecular complexity index is 561. The van der Waals surface area contributed by atoms with E-state index in [9.17, 15) is 4.79 Å². The topological polar surface area (TPSA) is 57.1 Å². The fraction of sp³-hybridized carbons (Fsp3) is 0.375. The molecular weight excluding hydrogens is 270 g/mol. The SMILES string of the molecule is CCOC(=O)C(=NC)/C(OC)=C(/OC)c1ccccc1C. The minimum Gasteiger partial charge on any atom is -0.492 e. The summed E-state index contributed by atoms with van der Waals surface area (Å²) in [4.78, 5) is 16.0. The van der Waals surface area contributed by atoms with Gasteiger partial charge in [0, 0.05) is 12.6 Å². The fourth-order valence-electron chi connectivity index (χ4n) is 1.93. The molecule has 0 heterocycles. The normalized spacial score (nSPS) is 12.5. The van der Waals surface area contributed by atoms with Gasteiger partial charge in [-0.2, -0.15) is 0 Å². The second-order valence-corrected chi connectivity index (χ2v) is 4.17. The number of methoxy groups -OCH3 is 2. The van der Waals surface area contributed by atoms with Crippen molar-refractivity contribution in [2.45, 2.75) is 13.8 Å². The quantitative estimate of drug-likeness (QED) is 0.459. The van der Waals surface area contributed by atoms with Crippen molar-refractivity contribution in [1.29, 1.82) is 0 Å². The largest absolute Gasteiger partial charge is 0.492 e. The van der Waals surface area contributed by atoms with Crippen LogP contribution in [0.5, 0.6) is 0 Å². The van der Waals surface area contributed by atoms with Crippen LogP contribution in [0.1, 0.15) is 18.1 Å². The van der Waals surface area contributed by atoms with E-state index in [0.29, 0.717) is 5.76 Å². The molecule has 0 spiro atoms.